The molecule has 1 aromatic heterocycles. The van der Waals surface area contributed by atoms with Gasteiger partial charge >= 0.3 is 5.97 Å². The Morgan fingerprint density at radius 1 is 1.15 bits per heavy atom. The molecule has 27 heavy (non-hydrogen) atoms. The molecule has 2 aromatic carbocycles. The van der Waals surface area contributed by atoms with E-state index in [1.54, 1.807) is 13.1 Å². The van der Waals surface area contributed by atoms with Gasteiger partial charge in [-0.1, -0.05) is 11.6 Å². The van der Waals surface area contributed by atoms with Crippen molar-refractivity contribution in [1.29, 1.82) is 0 Å². The fraction of sp³-hybridized carbons (Fsp3) is 0.273. The van der Waals surface area contributed by atoms with Crippen LogP contribution in [0.3, 0.4) is 0 Å². The first kappa shape index (κ1) is 18.7. The summed E-state index contributed by atoms with van der Waals surface area (Å²) < 4.78 is 10.9. The second-order valence-corrected chi connectivity index (χ2v) is 6.60. The van der Waals surface area contributed by atoms with E-state index in [9.17, 15) is 4.79 Å². The van der Waals surface area contributed by atoms with E-state index in [0.717, 1.165) is 27.9 Å². The van der Waals surface area contributed by atoms with Gasteiger partial charge in [0.2, 0.25) is 0 Å². The van der Waals surface area contributed by atoms with E-state index in [0.29, 0.717) is 17.9 Å². The monoisotopic (exact) mass is 364 g/mol. The molecule has 0 bridgehead atoms. The number of ether oxygens (including phenoxy) is 2. The van der Waals surface area contributed by atoms with Gasteiger partial charge in [0.15, 0.2) is 0 Å². The van der Waals surface area contributed by atoms with Gasteiger partial charge in [-0.3, -0.25) is 4.98 Å². The highest BCUT2D eigenvalue weighted by atomic mass is 16.5. The molecule has 0 saturated heterocycles. The summed E-state index contributed by atoms with van der Waals surface area (Å²) in [5, 5.41) is 4.24. The Morgan fingerprint density at radius 3 is 2.56 bits per heavy atom. The summed E-state index contributed by atoms with van der Waals surface area (Å²) in [7, 11) is 0. The minimum Gasteiger partial charge on any atom is -0.491 e. The predicted molar refractivity (Wildman–Crippen MR) is 108 cm³/mol. The predicted octanol–water partition coefficient (Wildman–Crippen LogP) is 5.25. The van der Waals surface area contributed by atoms with Crippen LogP contribution in [-0.4, -0.2) is 23.7 Å². The van der Waals surface area contributed by atoms with E-state index in [4.69, 9.17) is 9.47 Å². The average Bonchev–Trinajstić information content (AvgIpc) is 2.63. The highest BCUT2D eigenvalue weighted by Gasteiger charge is 2.17. The van der Waals surface area contributed by atoms with Crippen molar-refractivity contribution in [3.8, 4) is 5.75 Å². The van der Waals surface area contributed by atoms with Crippen molar-refractivity contribution in [1.82, 2.24) is 4.98 Å². The van der Waals surface area contributed by atoms with Crippen molar-refractivity contribution in [3.63, 3.8) is 0 Å². The maximum atomic E-state index is 12.4. The van der Waals surface area contributed by atoms with Crippen molar-refractivity contribution in [2.24, 2.45) is 0 Å². The van der Waals surface area contributed by atoms with E-state index >= 15 is 0 Å². The highest BCUT2D eigenvalue weighted by molar-refractivity contribution is 6.06. The molecule has 3 aromatic rings. The lowest BCUT2D eigenvalue weighted by atomic mass is 10.1. The number of fused-ring (bicyclic) bond motifs is 1. The third kappa shape index (κ3) is 4.37. The zero-order valence-corrected chi connectivity index (χ0v) is 16.1. The summed E-state index contributed by atoms with van der Waals surface area (Å²) in [4.78, 5) is 16.9. The Morgan fingerprint density at radius 2 is 1.89 bits per heavy atom. The maximum absolute atomic E-state index is 12.4. The Balaban J connectivity index is 2.03. The lowest BCUT2D eigenvalue weighted by Crippen LogP contribution is -2.09. The molecule has 5 nitrogen and oxygen atoms in total. The quantitative estimate of drug-likeness (QED) is 0.605. The Bertz CT molecular complexity index is 950. The van der Waals surface area contributed by atoms with Crippen LogP contribution < -0.4 is 10.1 Å². The zero-order chi connectivity index (χ0) is 19.4. The number of carbonyl (C=O) groups excluding carboxylic acids is 1. The van der Waals surface area contributed by atoms with E-state index in [1.807, 2.05) is 63.2 Å². The smallest absolute Gasteiger partial charge is 0.341 e. The lowest BCUT2D eigenvalue weighted by molar-refractivity contribution is 0.0527. The summed E-state index contributed by atoms with van der Waals surface area (Å²) in [5.74, 6) is 0.410. The Kier molecular flexibility index (Phi) is 5.60. The average molecular weight is 364 g/mol. The summed E-state index contributed by atoms with van der Waals surface area (Å²) in [6.07, 6.45) is 1.68. The van der Waals surface area contributed by atoms with Gasteiger partial charge in [0.1, 0.15) is 11.3 Å². The number of rotatable bonds is 6. The van der Waals surface area contributed by atoms with Crippen LogP contribution in [0.5, 0.6) is 5.75 Å². The van der Waals surface area contributed by atoms with Crippen LogP contribution in [0.1, 0.15) is 36.7 Å². The number of aryl methyl sites for hydroxylation is 1. The summed E-state index contributed by atoms with van der Waals surface area (Å²) in [6, 6.07) is 13.6. The molecule has 0 aliphatic heterocycles. The summed E-state index contributed by atoms with van der Waals surface area (Å²) >= 11 is 0. The topological polar surface area (TPSA) is 60.5 Å². The molecule has 1 N–H and O–H groups in total. The van der Waals surface area contributed by atoms with Crippen molar-refractivity contribution < 1.29 is 14.3 Å². The van der Waals surface area contributed by atoms with Gasteiger partial charge < -0.3 is 14.8 Å². The number of pyridine rings is 1. The molecule has 0 aliphatic carbocycles. The van der Waals surface area contributed by atoms with E-state index in [-0.39, 0.29) is 6.10 Å². The van der Waals surface area contributed by atoms with Crippen LogP contribution in [0.2, 0.25) is 0 Å². The lowest BCUT2D eigenvalue weighted by Gasteiger charge is -2.15. The molecular formula is C22H24N2O3. The number of nitrogens with one attached hydrogen (secondary N) is 1. The number of benzene rings is 2. The number of hydrogen-bond acceptors (Lipinski definition) is 5. The first-order valence-electron chi connectivity index (χ1n) is 9.08. The number of esters is 1. The van der Waals surface area contributed by atoms with Gasteiger partial charge in [-0.05, 0) is 64.1 Å². The van der Waals surface area contributed by atoms with Gasteiger partial charge in [0, 0.05) is 17.3 Å². The molecule has 140 valence electrons. The van der Waals surface area contributed by atoms with Gasteiger partial charge in [-0.25, -0.2) is 4.79 Å². The van der Waals surface area contributed by atoms with E-state index in [2.05, 4.69) is 10.3 Å². The standard InChI is InChI=1S/C22H24N2O3/c1-5-26-22(25)19-13-23-20-11-6-15(4)12-18(20)21(19)24-16-7-9-17(10-8-16)27-14(2)3/h6-14H,5H2,1-4H3,(H,23,24). The van der Waals surface area contributed by atoms with Crippen molar-refractivity contribution in [3.05, 3.63) is 59.8 Å². The molecule has 0 radical (unpaired) electrons. The molecule has 0 saturated carbocycles. The van der Waals surface area contributed by atoms with E-state index < -0.39 is 5.97 Å². The SMILES string of the molecule is CCOC(=O)c1cnc2ccc(C)cc2c1Nc1ccc(OC(C)C)cc1. The molecule has 0 aliphatic rings. The normalized spacial score (nSPS) is 10.9. The summed E-state index contributed by atoms with van der Waals surface area (Å²) in [6.45, 7) is 8.09. The second kappa shape index (κ2) is 8.08. The largest absolute Gasteiger partial charge is 0.491 e. The van der Waals surface area contributed by atoms with Crippen LogP contribution in [0, 0.1) is 6.92 Å². The fourth-order valence-corrected chi connectivity index (χ4v) is 2.84. The van der Waals surface area contributed by atoms with E-state index in [1.165, 1.54) is 0 Å². The molecule has 0 atom stereocenters. The minimum absolute atomic E-state index is 0.117. The third-order valence-electron chi connectivity index (χ3n) is 4.01. The highest BCUT2D eigenvalue weighted by Crippen LogP contribution is 2.31. The number of anilines is 2. The summed E-state index contributed by atoms with van der Waals surface area (Å²) in [5.41, 5.74) is 3.87. The van der Waals surface area contributed by atoms with Crippen LogP contribution in [-0.2, 0) is 4.74 Å². The van der Waals surface area contributed by atoms with Gasteiger partial charge in [0.05, 0.1) is 23.9 Å². The van der Waals surface area contributed by atoms with Crippen LogP contribution in [0.4, 0.5) is 11.4 Å². The molecule has 0 unspecified atom stereocenters. The fourth-order valence-electron chi connectivity index (χ4n) is 2.84. The second-order valence-electron chi connectivity index (χ2n) is 6.60. The van der Waals surface area contributed by atoms with Gasteiger partial charge in [-0.2, -0.15) is 0 Å². The van der Waals surface area contributed by atoms with Gasteiger partial charge in [-0.15, -0.1) is 0 Å². The van der Waals surface area contributed by atoms with Crippen molar-refractivity contribution >= 4 is 28.2 Å². The Labute approximate surface area is 159 Å². The molecule has 0 spiro atoms. The number of hydrogen-bond donors (Lipinski definition) is 1. The van der Waals surface area contributed by atoms with Crippen LogP contribution in [0.25, 0.3) is 10.9 Å². The number of nitrogens with zero attached hydrogens (tertiary/aromatic N) is 1. The van der Waals surface area contributed by atoms with Crippen molar-refractivity contribution in [2.45, 2.75) is 33.8 Å². The maximum Gasteiger partial charge on any atom is 0.341 e. The molecule has 5 heteroatoms. The minimum atomic E-state index is -0.393. The van der Waals surface area contributed by atoms with Gasteiger partial charge in [0.25, 0.3) is 0 Å². The third-order valence-corrected chi connectivity index (χ3v) is 4.01. The van der Waals surface area contributed by atoms with Crippen LogP contribution in [0.15, 0.2) is 48.7 Å². The molecule has 3 rings (SSSR count). The van der Waals surface area contributed by atoms with Crippen molar-refractivity contribution in [2.75, 3.05) is 11.9 Å². The molecule has 0 amide bonds. The first-order chi connectivity index (χ1) is 13.0. The molecular weight excluding hydrogens is 340 g/mol. The first-order valence-corrected chi connectivity index (χ1v) is 9.08. The van der Waals surface area contributed by atoms with Crippen LogP contribution >= 0.6 is 0 Å². The zero-order valence-electron chi connectivity index (χ0n) is 16.1. The Hall–Kier alpha value is -3.08. The number of carbonyl (C=O) groups is 1. The molecule has 1 heterocycles. The molecule has 0 fully saturated rings. The number of aromatic nitrogens is 1.